The Morgan fingerprint density at radius 1 is 1.39 bits per heavy atom. The van der Waals surface area contributed by atoms with E-state index in [0.717, 1.165) is 38.0 Å². The van der Waals surface area contributed by atoms with E-state index in [0.29, 0.717) is 5.92 Å². The number of likely N-dealkylation sites (tertiary alicyclic amines) is 1. The van der Waals surface area contributed by atoms with Gasteiger partial charge in [0.05, 0.1) is 0 Å². The Kier molecular flexibility index (Phi) is 4.63. The first kappa shape index (κ1) is 13.8. The molecule has 0 bridgehead atoms. The van der Waals surface area contributed by atoms with Crippen LogP contribution in [0, 0.1) is 18.7 Å². The number of rotatable bonds is 3. The van der Waals surface area contributed by atoms with Gasteiger partial charge in [0.15, 0.2) is 0 Å². The third-order valence-electron chi connectivity index (χ3n) is 3.99. The van der Waals surface area contributed by atoms with E-state index in [2.05, 4.69) is 11.8 Å². The molecule has 1 aromatic rings. The number of hydrogen-bond acceptors (Lipinski definition) is 1. The van der Waals surface area contributed by atoms with Crippen LogP contribution < -0.4 is 0 Å². The van der Waals surface area contributed by atoms with Crippen LogP contribution in [0.2, 0.25) is 0 Å². The number of alkyl halides is 1. The van der Waals surface area contributed by atoms with Gasteiger partial charge < -0.3 is 0 Å². The van der Waals surface area contributed by atoms with Crippen molar-refractivity contribution in [2.75, 3.05) is 13.1 Å². The number of benzene rings is 1. The summed E-state index contributed by atoms with van der Waals surface area (Å²) in [5.74, 6) is 0.497. The number of piperidine rings is 1. The molecule has 1 aliphatic heterocycles. The molecule has 100 valence electrons. The zero-order valence-corrected chi connectivity index (χ0v) is 11.9. The van der Waals surface area contributed by atoms with Crippen molar-refractivity contribution in [3.63, 3.8) is 0 Å². The Hall–Kier alpha value is -0.600. The Balaban J connectivity index is 1.93. The summed E-state index contributed by atoms with van der Waals surface area (Å²) in [6.45, 7) is 7.11. The fourth-order valence-corrected chi connectivity index (χ4v) is 2.87. The Morgan fingerprint density at radius 2 is 2.06 bits per heavy atom. The highest BCUT2D eigenvalue weighted by Crippen LogP contribution is 2.25. The summed E-state index contributed by atoms with van der Waals surface area (Å²) in [5.41, 5.74) is 2.27. The maximum absolute atomic E-state index is 13.2. The summed E-state index contributed by atoms with van der Waals surface area (Å²) in [5, 5.41) is 0.267. The topological polar surface area (TPSA) is 3.24 Å². The van der Waals surface area contributed by atoms with E-state index >= 15 is 0 Å². The molecule has 1 saturated heterocycles. The van der Waals surface area contributed by atoms with Crippen LogP contribution in [0.1, 0.15) is 30.9 Å². The molecule has 1 heterocycles. The van der Waals surface area contributed by atoms with Crippen LogP contribution in [0.25, 0.3) is 0 Å². The predicted octanol–water partition coefficient (Wildman–Crippen LogP) is 3.97. The second-order valence-corrected chi connectivity index (χ2v) is 6.05. The third-order valence-corrected chi connectivity index (χ3v) is 4.34. The lowest BCUT2D eigenvalue weighted by atomic mass is 9.93. The quantitative estimate of drug-likeness (QED) is 0.751. The van der Waals surface area contributed by atoms with E-state index in [4.69, 9.17) is 11.6 Å². The molecule has 0 radical (unpaired) electrons. The molecule has 1 unspecified atom stereocenters. The lowest BCUT2D eigenvalue weighted by molar-refractivity contribution is 0.176. The van der Waals surface area contributed by atoms with Crippen molar-refractivity contribution in [1.29, 1.82) is 0 Å². The van der Waals surface area contributed by atoms with Crippen molar-refractivity contribution >= 4 is 11.6 Å². The summed E-state index contributed by atoms with van der Waals surface area (Å²) in [4.78, 5) is 2.40. The summed E-state index contributed by atoms with van der Waals surface area (Å²) in [6.07, 6.45) is 2.30. The molecule has 1 atom stereocenters. The van der Waals surface area contributed by atoms with E-state index in [1.54, 1.807) is 6.07 Å². The molecule has 2 rings (SSSR count). The van der Waals surface area contributed by atoms with E-state index in [1.807, 2.05) is 13.0 Å². The second kappa shape index (κ2) is 6.03. The average Bonchev–Trinajstić information content (AvgIpc) is 2.34. The minimum atomic E-state index is -0.139. The van der Waals surface area contributed by atoms with Gasteiger partial charge in [-0.3, -0.25) is 4.90 Å². The first-order valence-corrected chi connectivity index (χ1v) is 7.11. The molecule has 0 aliphatic carbocycles. The van der Waals surface area contributed by atoms with E-state index in [9.17, 15) is 4.39 Å². The first-order valence-electron chi connectivity index (χ1n) is 6.67. The normalized spacial score (nSPS) is 20.0. The van der Waals surface area contributed by atoms with Crippen molar-refractivity contribution in [2.24, 2.45) is 5.92 Å². The highest BCUT2D eigenvalue weighted by Gasteiger charge is 2.22. The molecular formula is C15H21ClFN. The fraction of sp³-hybridized carbons (Fsp3) is 0.600. The lowest BCUT2D eigenvalue weighted by Gasteiger charge is -2.33. The highest BCUT2D eigenvalue weighted by molar-refractivity contribution is 6.20. The van der Waals surface area contributed by atoms with Gasteiger partial charge in [-0.05, 0) is 69.0 Å². The molecule has 1 nitrogen and oxygen atoms in total. The maximum Gasteiger partial charge on any atom is 0.123 e. The van der Waals surface area contributed by atoms with E-state index in [-0.39, 0.29) is 11.2 Å². The lowest BCUT2D eigenvalue weighted by Crippen LogP contribution is -2.35. The summed E-state index contributed by atoms with van der Waals surface area (Å²) < 4.78 is 13.2. The zero-order valence-electron chi connectivity index (χ0n) is 11.1. The van der Waals surface area contributed by atoms with Gasteiger partial charge in [0.1, 0.15) is 5.82 Å². The Bertz CT molecular complexity index is 397. The standard InChI is InChI=1S/C15H21ClFN/c1-11-3-4-15(17)9-14(11)10-18-7-5-13(6-8-18)12(2)16/h3-4,9,12-13H,5-8,10H2,1-2H3. The van der Waals surface area contributed by atoms with Gasteiger partial charge >= 0.3 is 0 Å². The number of hydrogen-bond donors (Lipinski definition) is 0. The molecule has 3 heteroatoms. The molecule has 0 N–H and O–H groups in total. The molecule has 1 fully saturated rings. The van der Waals surface area contributed by atoms with Gasteiger partial charge in [-0.2, -0.15) is 0 Å². The molecule has 18 heavy (non-hydrogen) atoms. The first-order chi connectivity index (χ1) is 8.56. The maximum atomic E-state index is 13.2. The monoisotopic (exact) mass is 269 g/mol. The molecule has 0 amide bonds. The van der Waals surface area contributed by atoms with Crippen LogP contribution in [0.3, 0.4) is 0 Å². The van der Waals surface area contributed by atoms with Gasteiger partial charge in [-0.1, -0.05) is 6.07 Å². The van der Waals surface area contributed by atoms with Gasteiger partial charge in [-0.25, -0.2) is 4.39 Å². The van der Waals surface area contributed by atoms with Crippen molar-refractivity contribution < 1.29 is 4.39 Å². The van der Waals surface area contributed by atoms with Crippen LogP contribution in [-0.4, -0.2) is 23.4 Å². The van der Waals surface area contributed by atoms with Gasteiger partial charge in [0.25, 0.3) is 0 Å². The van der Waals surface area contributed by atoms with Gasteiger partial charge in [0, 0.05) is 11.9 Å². The molecule has 0 spiro atoms. The molecule has 1 aliphatic rings. The average molecular weight is 270 g/mol. The Labute approximate surface area is 114 Å². The van der Waals surface area contributed by atoms with Crippen LogP contribution >= 0.6 is 11.6 Å². The van der Waals surface area contributed by atoms with Crippen LogP contribution in [0.4, 0.5) is 4.39 Å². The van der Waals surface area contributed by atoms with Crippen molar-refractivity contribution in [3.05, 3.63) is 35.1 Å². The smallest absolute Gasteiger partial charge is 0.123 e. The SMILES string of the molecule is Cc1ccc(F)cc1CN1CCC(C(C)Cl)CC1. The number of aryl methyl sites for hydroxylation is 1. The van der Waals surface area contributed by atoms with Crippen LogP contribution in [-0.2, 0) is 6.54 Å². The van der Waals surface area contributed by atoms with Gasteiger partial charge in [0.2, 0.25) is 0 Å². The second-order valence-electron chi connectivity index (χ2n) is 5.36. The van der Waals surface area contributed by atoms with Crippen molar-refractivity contribution in [1.82, 2.24) is 4.90 Å². The summed E-state index contributed by atoms with van der Waals surface area (Å²) >= 11 is 6.14. The zero-order chi connectivity index (χ0) is 13.1. The summed E-state index contributed by atoms with van der Waals surface area (Å²) in [6, 6.07) is 5.05. The van der Waals surface area contributed by atoms with Gasteiger partial charge in [-0.15, -0.1) is 11.6 Å². The minimum Gasteiger partial charge on any atom is -0.299 e. The van der Waals surface area contributed by atoms with E-state index in [1.165, 1.54) is 11.6 Å². The summed E-state index contributed by atoms with van der Waals surface area (Å²) in [7, 11) is 0. The highest BCUT2D eigenvalue weighted by atomic mass is 35.5. The fourth-order valence-electron chi connectivity index (χ4n) is 2.62. The van der Waals surface area contributed by atoms with Crippen molar-refractivity contribution in [3.8, 4) is 0 Å². The number of halogens is 2. The Morgan fingerprint density at radius 3 is 2.67 bits per heavy atom. The van der Waals surface area contributed by atoms with Crippen LogP contribution in [0.15, 0.2) is 18.2 Å². The number of nitrogens with zero attached hydrogens (tertiary/aromatic N) is 1. The third kappa shape index (κ3) is 3.46. The van der Waals surface area contributed by atoms with Crippen LogP contribution in [0.5, 0.6) is 0 Å². The van der Waals surface area contributed by atoms with Crippen molar-refractivity contribution in [2.45, 2.75) is 38.6 Å². The predicted molar refractivity (Wildman–Crippen MR) is 74.5 cm³/mol. The largest absolute Gasteiger partial charge is 0.299 e. The minimum absolute atomic E-state index is 0.139. The molecule has 1 aromatic carbocycles. The molecule has 0 aromatic heterocycles. The molecular weight excluding hydrogens is 249 g/mol. The van der Waals surface area contributed by atoms with E-state index < -0.39 is 0 Å². The molecule has 0 saturated carbocycles.